The summed E-state index contributed by atoms with van der Waals surface area (Å²) in [6.45, 7) is 5.75. The largest absolute Gasteiger partial charge is 0.493 e. The predicted octanol–water partition coefficient (Wildman–Crippen LogP) is 3.36. The molecule has 0 aliphatic heterocycles. The van der Waals surface area contributed by atoms with Gasteiger partial charge in [-0.25, -0.2) is 0 Å². The number of hydrogen-bond acceptors (Lipinski definition) is 4. The highest BCUT2D eigenvalue weighted by Crippen LogP contribution is 2.38. The molecule has 0 aliphatic rings. The number of benzene rings is 2. The van der Waals surface area contributed by atoms with E-state index in [4.69, 9.17) is 14.2 Å². The number of aliphatic imine (C=N–C) groups is 1. The molecule has 0 bridgehead atoms. The fourth-order valence-corrected chi connectivity index (χ4v) is 2.94. The van der Waals surface area contributed by atoms with Gasteiger partial charge in [-0.2, -0.15) is 0 Å². The Morgan fingerprint density at radius 1 is 0.929 bits per heavy atom. The van der Waals surface area contributed by atoms with Gasteiger partial charge in [0.05, 0.1) is 21.3 Å². The summed E-state index contributed by atoms with van der Waals surface area (Å²) in [6, 6.07) is 14.3. The molecule has 0 heterocycles. The van der Waals surface area contributed by atoms with Gasteiger partial charge in [0.25, 0.3) is 0 Å². The van der Waals surface area contributed by atoms with E-state index in [2.05, 4.69) is 53.7 Å². The van der Waals surface area contributed by atoms with Crippen LogP contribution in [0.2, 0.25) is 0 Å². The highest BCUT2D eigenvalue weighted by Gasteiger charge is 2.20. The minimum Gasteiger partial charge on any atom is -0.493 e. The summed E-state index contributed by atoms with van der Waals surface area (Å²) in [5, 5.41) is 6.75. The van der Waals surface area contributed by atoms with Crippen LogP contribution in [0.25, 0.3) is 0 Å². The minimum atomic E-state index is -0.0224. The summed E-state index contributed by atoms with van der Waals surface area (Å²) in [5.74, 6) is 2.58. The smallest absolute Gasteiger partial charge is 0.203 e. The molecule has 0 spiro atoms. The second-order valence-corrected chi connectivity index (χ2v) is 7.06. The van der Waals surface area contributed by atoms with Crippen LogP contribution in [0.1, 0.15) is 25.0 Å². The second kappa shape index (κ2) is 9.88. The van der Waals surface area contributed by atoms with Gasteiger partial charge >= 0.3 is 0 Å². The van der Waals surface area contributed by atoms with Gasteiger partial charge in [0, 0.05) is 25.6 Å². The van der Waals surface area contributed by atoms with Gasteiger partial charge in [-0.05, 0) is 23.3 Å². The SMILES string of the molecule is CN=C(NCc1cc(OC)c(OC)c(OC)c1)NCC(C)(C)c1ccccc1. The molecule has 0 aliphatic carbocycles. The average Bonchev–Trinajstić information content (AvgIpc) is 2.73. The third-order valence-electron chi connectivity index (χ3n) is 4.66. The lowest BCUT2D eigenvalue weighted by Gasteiger charge is -2.26. The molecule has 0 fully saturated rings. The normalized spacial score (nSPS) is 11.7. The van der Waals surface area contributed by atoms with Gasteiger partial charge in [-0.1, -0.05) is 44.2 Å². The van der Waals surface area contributed by atoms with Gasteiger partial charge in [0.15, 0.2) is 17.5 Å². The number of hydrogen-bond donors (Lipinski definition) is 2. The zero-order valence-corrected chi connectivity index (χ0v) is 17.6. The minimum absolute atomic E-state index is 0.0224. The maximum atomic E-state index is 5.42. The van der Waals surface area contributed by atoms with Crippen LogP contribution in [0.3, 0.4) is 0 Å². The Kier molecular flexibility index (Phi) is 7.55. The van der Waals surface area contributed by atoms with Gasteiger partial charge in [-0.3, -0.25) is 4.99 Å². The Labute approximate surface area is 167 Å². The molecule has 6 nitrogen and oxygen atoms in total. The molecule has 2 aromatic rings. The molecule has 152 valence electrons. The van der Waals surface area contributed by atoms with E-state index in [1.807, 2.05) is 18.2 Å². The monoisotopic (exact) mass is 385 g/mol. The molecule has 2 N–H and O–H groups in total. The van der Waals surface area contributed by atoms with Crippen LogP contribution >= 0.6 is 0 Å². The van der Waals surface area contributed by atoms with Crippen LogP contribution in [0.15, 0.2) is 47.5 Å². The molecule has 0 saturated carbocycles. The lowest BCUT2D eigenvalue weighted by Crippen LogP contribution is -2.43. The number of guanidine groups is 1. The first kappa shape index (κ1) is 21.4. The molecule has 0 atom stereocenters. The molecule has 6 heteroatoms. The van der Waals surface area contributed by atoms with E-state index in [0.717, 1.165) is 18.1 Å². The van der Waals surface area contributed by atoms with Gasteiger partial charge in [0.1, 0.15) is 0 Å². The number of rotatable bonds is 8. The Morgan fingerprint density at radius 3 is 2.04 bits per heavy atom. The van der Waals surface area contributed by atoms with Crippen LogP contribution in [0, 0.1) is 0 Å². The van der Waals surface area contributed by atoms with Crippen LogP contribution in [0.5, 0.6) is 17.2 Å². The van der Waals surface area contributed by atoms with Gasteiger partial charge in [-0.15, -0.1) is 0 Å². The maximum absolute atomic E-state index is 5.42. The van der Waals surface area contributed by atoms with Crippen molar-refractivity contribution in [2.45, 2.75) is 25.8 Å². The zero-order chi connectivity index (χ0) is 20.6. The van der Waals surface area contributed by atoms with Crippen LogP contribution in [-0.4, -0.2) is 40.9 Å². The summed E-state index contributed by atoms with van der Waals surface area (Å²) in [6.07, 6.45) is 0. The van der Waals surface area contributed by atoms with E-state index < -0.39 is 0 Å². The van der Waals surface area contributed by atoms with Crippen molar-refractivity contribution in [1.82, 2.24) is 10.6 Å². The first-order chi connectivity index (χ1) is 13.4. The number of nitrogens with zero attached hydrogens (tertiary/aromatic N) is 1. The van der Waals surface area contributed by atoms with E-state index in [1.165, 1.54) is 5.56 Å². The van der Waals surface area contributed by atoms with Crippen molar-refractivity contribution in [3.8, 4) is 17.2 Å². The van der Waals surface area contributed by atoms with Crippen molar-refractivity contribution >= 4 is 5.96 Å². The zero-order valence-electron chi connectivity index (χ0n) is 17.6. The lowest BCUT2D eigenvalue weighted by atomic mass is 9.85. The molecule has 0 aromatic heterocycles. The van der Waals surface area contributed by atoms with E-state index in [9.17, 15) is 0 Å². The molecular weight excluding hydrogens is 354 g/mol. The highest BCUT2D eigenvalue weighted by molar-refractivity contribution is 5.79. The van der Waals surface area contributed by atoms with Crippen LogP contribution in [0.4, 0.5) is 0 Å². The third-order valence-corrected chi connectivity index (χ3v) is 4.66. The van der Waals surface area contributed by atoms with Crippen molar-refractivity contribution in [2.75, 3.05) is 34.9 Å². The molecule has 0 radical (unpaired) electrons. The van der Waals surface area contributed by atoms with Crippen LogP contribution in [-0.2, 0) is 12.0 Å². The van der Waals surface area contributed by atoms with E-state index in [-0.39, 0.29) is 5.41 Å². The van der Waals surface area contributed by atoms with Gasteiger partial charge in [0.2, 0.25) is 5.75 Å². The van der Waals surface area contributed by atoms with Crippen molar-refractivity contribution in [2.24, 2.45) is 4.99 Å². The summed E-state index contributed by atoms with van der Waals surface area (Å²) in [7, 11) is 6.58. The molecule has 2 rings (SSSR count). The first-order valence-electron chi connectivity index (χ1n) is 9.24. The number of methoxy groups -OCH3 is 3. The Morgan fingerprint density at radius 2 is 1.54 bits per heavy atom. The molecule has 0 unspecified atom stereocenters. The first-order valence-corrected chi connectivity index (χ1v) is 9.24. The summed E-state index contributed by atoms with van der Waals surface area (Å²) in [5.41, 5.74) is 2.26. The molecule has 0 saturated heterocycles. The third kappa shape index (κ3) is 5.31. The fraction of sp³-hybridized carbons (Fsp3) is 0.409. The predicted molar refractivity (Wildman–Crippen MR) is 114 cm³/mol. The Balaban J connectivity index is 2.02. The average molecular weight is 386 g/mol. The van der Waals surface area contributed by atoms with E-state index >= 15 is 0 Å². The highest BCUT2D eigenvalue weighted by atomic mass is 16.5. The lowest BCUT2D eigenvalue weighted by molar-refractivity contribution is 0.323. The summed E-state index contributed by atoms with van der Waals surface area (Å²) >= 11 is 0. The standard InChI is InChI=1S/C22H31N3O3/c1-22(2,17-10-8-7-9-11-17)15-25-21(23-3)24-14-16-12-18(26-4)20(28-6)19(13-16)27-5/h7-13H,14-15H2,1-6H3,(H2,23,24,25). The maximum Gasteiger partial charge on any atom is 0.203 e. The van der Waals surface area contributed by atoms with Crippen molar-refractivity contribution < 1.29 is 14.2 Å². The van der Waals surface area contributed by atoms with Gasteiger partial charge < -0.3 is 24.8 Å². The van der Waals surface area contributed by atoms with Crippen molar-refractivity contribution in [3.05, 3.63) is 53.6 Å². The van der Waals surface area contributed by atoms with E-state index in [1.54, 1.807) is 28.4 Å². The second-order valence-electron chi connectivity index (χ2n) is 7.06. The molecular formula is C22H31N3O3. The Hall–Kier alpha value is -2.89. The van der Waals surface area contributed by atoms with Crippen LogP contribution < -0.4 is 24.8 Å². The topological polar surface area (TPSA) is 64.1 Å². The van der Waals surface area contributed by atoms with Crippen molar-refractivity contribution in [1.29, 1.82) is 0 Å². The quantitative estimate of drug-likeness (QED) is 0.539. The number of ether oxygens (including phenoxy) is 3. The molecule has 2 aromatic carbocycles. The summed E-state index contributed by atoms with van der Waals surface area (Å²) in [4.78, 5) is 4.33. The van der Waals surface area contributed by atoms with Crippen molar-refractivity contribution in [3.63, 3.8) is 0 Å². The molecule has 0 amide bonds. The summed E-state index contributed by atoms with van der Waals surface area (Å²) < 4.78 is 16.2. The van der Waals surface area contributed by atoms with E-state index in [0.29, 0.717) is 23.8 Å². The number of nitrogens with one attached hydrogen (secondary N) is 2. The molecule has 28 heavy (non-hydrogen) atoms. The fourth-order valence-electron chi connectivity index (χ4n) is 2.94. The Bertz CT molecular complexity index is 764.